The van der Waals surface area contributed by atoms with E-state index in [4.69, 9.17) is 9.47 Å². The van der Waals surface area contributed by atoms with E-state index in [9.17, 15) is 9.59 Å². The van der Waals surface area contributed by atoms with Gasteiger partial charge in [0.05, 0.1) is 11.6 Å². The highest BCUT2D eigenvalue weighted by Crippen LogP contribution is 2.13. The molecule has 5 heteroatoms. The van der Waals surface area contributed by atoms with Gasteiger partial charge in [0.25, 0.3) is 0 Å². The lowest BCUT2D eigenvalue weighted by atomic mass is 9.95. The molecule has 1 N–H and O–H groups in total. The molecule has 2 atom stereocenters. The molecule has 0 spiro atoms. The van der Waals surface area contributed by atoms with Gasteiger partial charge in [-0.2, -0.15) is 0 Å². The van der Waals surface area contributed by atoms with E-state index in [-0.39, 0.29) is 11.9 Å². The maximum Gasteiger partial charge on any atom is 0.335 e. The lowest BCUT2D eigenvalue weighted by molar-refractivity contribution is -0.167. The van der Waals surface area contributed by atoms with Crippen LogP contribution in [0.1, 0.15) is 47.1 Å². The van der Waals surface area contributed by atoms with Gasteiger partial charge in [0.15, 0.2) is 18.0 Å². The summed E-state index contributed by atoms with van der Waals surface area (Å²) in [7, 11) is 0. The zero-order chi connectivity index (χ0) is 18.3. The second-order valence-corrected chi connectivity index (χ2v) is 6.73. The number of carbonyl (C=O) groups excluding carboxylic acids is 2. The standard InChI is InChI=1S/C19H29NO4/c1-13(2)23-15(4)18(22)24-14(3)17(21)19(5,6)20-12-16-10-8-7-9-11-16/h7-11,13-15,20H,12H2,1-6H3. The Morgan fingerprint density at radius 3 is 2.17 bits per heavy atom. The summed E-state index contributed by atoms with van der Waals surface area (Å²) in [5, 5.41) is 3.22. The minimum Gasteiger partial charge on any atom is -0.453 e. The Balaban J connectivity index is 2.57. The highest BCUT2D eigenvalue weighted by Gasteiger charge is 2.34. The Morgan fingerprint density at radius 2 is 1.62 bits per heavy atom. The summed E-state index contributed by atoms with van der Waals surface area (Å²) in [5.41, 5.74) is 0.277. The number of rotatable bonds is 9. The fourth-order valence-corrected chi connectivity index (χ4v) is 2.30. The van der Waals surface area contributed by atoms with Crippen molar-refractivity contribution in [3.05, 3.63) is 35.9 Å². The van der Waals surface area contributed by atoms with Crippen LogP contribution in [-0.4, -0.2) is 35.6 Å². The summed E-state index contributed by atoms with van der Waals surface area (Å²) >= 11 is 0. The number of benzene rings is 1. The number of esters is 1. The van der Waals surface area contributed by atoms with E-state index in [1.807, 2.05) is 44.2 Å². The van der Waals surface area contributed by atoms with E-state index < -0.39 is 23.7 Å². The minimum absolute atomic E-state index is 0.0810. The molecule has 0 saturated carbocycles. The molecule has 5 nitrogen and oxygen atoms in total. The zero-order valence-electron chi connectivity index (χ0n) is 15.5. The van der Waals surface area contributed by atoms with Crippen molar-refractivity contribution in [2.45, 2.75) is 71.9 Å². The van der Waals surface area contributed by atoms with Gasteiger partial charge in [0.2, 0.25) is 0 Å². The van der Waals surface area contributed by atoms with Crippen molar-refractivity contribution in [2.24, 2.45) is 0 Å². The first-order valence-electron chi connectivity index (χ1n) is 8.32. The summed E-state index contributed by atoms with van der Waals surface area (Å²) in [5.74, 6) is -0.702. The number of hydrogen-bond donors (Lipinski definition) is 1. The van der Waals surface area contributed by atoms with Crippen LogP contribution in [0.2, 0.25) is 0 Å². The predicted molar refractivity (Wildman–Crippen MR) is 93.6 cm³/mol. The number of carbonyl (C=O) groups is 2. The van der Waals surface area contributed by atoms with Gasteiger partial charge in [-0.25, -0.2) is 4.79 Å². The number of ketones is 1. The number of ether oxygens (including phenoxy) is 2. The van der Waals surface area contributed by atoms with E-state index in [1.165, 1.54) is 0 Å². The fraction of sp³-hybridized carbons (Fsp3) is 0.579. The van der Waals surface area contributed by atoms with Crippen LogP contribution in [0.5, 0.6) is 0 Å². The lowest BCUT2D eigenvalue weighted by Gasteiger charge is -2.28. The molecule has 0 aliphatic rings. The molecule has 0 bridgehead atoms. The molecule has 24 heavy (non-hydrogen) atoms. The molecule has 2 unspecified atom stereocenters. The average Bonchev–Trinajstić information content (AvgIpc) is 2.52. The van der Waals surface area contributed by atoms with E-state index in [2.05, 4.69) is 5.32 Å². The molecule has 1 aromatic rings. The molecular weight excluding hydrogens is 306 g/mol. The molecule has 0 aliphatic heterocycles. The first-order chi connectivity index (χ1) is 11.1. The van der Waals surface area contributed by atoms with Crippen molar-refractivity contribution in [3.63, 3.8) is 0 Å². The summed E-state index contributed by atoms with van der Waals surface area (Å²) in [6, 6.07) is 9.82. The van der Waals surface area contributed by atoms with Crippen molar-refractivity contribution in [2.75, 3.05) is 0 Å². The summed E-state index contributed by atoms with van der Waals surface area (Å²) < 4.78 is 10.6. The number of nitrogens with one attached hydrogen (secondary N) is 1. The third-order valence-corrected chi connectivity index (χ3v) is 3.66. The molecule has 0 aliphatic carbocycles. The van der Waals surface area contributed by atoms with Crippen LogP contribution in [0, 0.1) is 0 Å². The second kappa shape index (κ2) is 8.94. The van der Waals surface area contributed by atoms with Crippen LogP contribution in [0.25, 0.3) is 0 Å². The number of hydrogen-bond acceptors (Lipinski definition) is 5. The first kappa shape index (κ1) is 20.3. The van der Waals surface area contributed by atoms with Gasteiger partial charge >= 0.3 is 5.97 Å². The Hall–Kier alpha value is -1.72. The molecule has 0 radical (unpaired) electrons. The Morgan fingerprint density at radius 1 is 1.04 bits per heavy atom. The Labute approximate surface area is 144 Å². The van der Waals surface area contributed by atoms with Crippen LogP contribution in [0.3, 0.4) is 0 Å². The highest BCUT2D eigenvalue weighted by atomic mass is 16.6. The normalized spacial score (nSPS) is 14.3. The molecule has 0 fully saturated rings. The third-order valence-electron chi connectivity index (χ3n) is 3.66. The van der Waals surface area contributed by atoms with Gasteiger partial charge in [-0.15, -0.1) is 0 Å². The molecule has 1 rings (SSSR count). The second-order valence-electron chi connectivity index (χ2n) is 6.73. The van der Waals surface area contributed by atoms with Gasteiger partial charge < -0.3 is 14.8 Å². The Bertz CT molecular complexity index is 540. The van der Waals surface area contributed by atoms with Crippen LogP contribution < -0.4 is 5.32 Å². The van der Waals surface area contributed by atoms with E-state index in [1.54, 1.807) is 27.7 Å². The smallest absolute Gasteiger partial charge is 0.335 e. The quantitative estimate of drug-likeness (QED) is 0.703. The maximum atomic E-state index is 12.6. The van der Waals surface area contributed by atoms with Gasteiger partial charge in [0, 0.05) is 6.54 Å². The largest absolute Gasteiger partial charge is 0.453 e. The fourth-order valence-electron chi connectivity index (χ4n) is 2.30. The van der Waals surface area contributed by atoms with Crippen LogP contribution >= 0.6 is 0 Å². The van der Waals surface area contributed by atoms with Gasteiger partial charge in [-0.3, -0.25) is 4.79 Å². The minimum atomic E-state index is -0.839. The summed E-state index contributed by atoms with van der Waals surface area (Å²) in [6.45, 7) is 11.0. The van der Waals surface area contributed by atoms with E-state index in [0.29, 0.717) is 6.54 Å². The van der Waals surface area contributed by atoms with Crippen molar-refractivity contribution in [3.8, 4) is 0 Å². The monoisotopic (exact) mass is 335 g/mol. The van der Waals surface area contributed by atoms with Gasteiger partial charge in [0.1, 0.15) is 0 Å². The predicted octanol–water partition coefficient (Wildman–Crippen LogP) is 2.87. The van der Waals surface area contributed by atoms with Gasteiger partial charge in [-0.1, -0.05) is 30.3 Å². The molecule has 1 aromatic carbocycles. The zero-order valence-corrected chi connectivity index (χ0v) is 15.5. The van der Waals surface area contributed by atoms with Crippen LogP contribution in [-0.2, 0) is 25.6 Å². The van der Waals surface area contributed by atoms with Crippen molar-refractivity contribution < 1.29 is 19.1 Å². The third kappa shape index (κ3) is 6.42. The average molecular weight is 335 g/mol. The highest BCUT2D eigenvalue weighted by molar-refractivity contribution is 5.93. The molecule has 134 valence electrons. The molecule has 0 heterocycles. The van der Waals surface area contributed by atoms with Crippen LogP contribution in [0.4, 0.5) is 0 Å². The van der Waals surface area contributed by atoms with Crippen LogP contribution in [0.15, 0.2) is 30.3 Å². The van der Waals surface area contributed by atoms with Gasteiger partial charge in [-0.05, 0) is 47.1 Å². The Kier molecular flexibility index (Phi) is 7.58. The summed E-state index contributed by atoms with van der Waals surface area (Å²) in [6.07, 6.45) is -1.61. The van der Waals surface area contributed by atoms with Crippen molar-refractivity contribution in [1.29, 1.82) is 0 Å². The first-order valence-corrected chi connectivity index (χ1v) is 8.32. The van der Waals surface area contributed by atoms with E-state index in [0.717, 1.165) is 5.56 Å². The lowest BCUT2D eigenvalue weighted by Crippen LogP contribution is -2.51. The molecule has 0 amide bonds. The number of Topliss-reactive ketones (excluding diaryl/α,β-unsaturated/α-hetero) is 1. The maximum absolute atomic E-state index is 12.6. The topological polar surface area (TPSA) is 64.6 Å². The van der Waals surface area contributed by atoms with Crippen molar-refractivity contribution in [1.82, 2.24) is 5.32 Å². The van der Waals surface area contributed by atoms with E-state index >= 15 is 0 Å². The summed E-state index contributed by atoms with van der Waals surface area (Å²) in [4.78, 5) is 24.6. The molecule has 0 aromatic heterocycles. The molecular formula is C19H29NO4. The SMILES string of the molecule is CC(C)OC(C)C(=O)OC(C)C(=O)C(C)(C)NCc1ccccc1. The van der Waals surface area contributed by atoms with Crippen molar-refractivity contribution >= 4 is 11.8 Å². The molecule has 0 saturated heterocycles.